The van der Waals surface area contributed by atoms with Crippen molar-refractivity contribution in [2.45, 2.75) is 45.1 Å². The average molecular weight is 233 g/mol. The molecule has 0 aromatic heterocycles. The van der Waals surface area contributed by atoms with Gasteiger partial charge in [-0.15, -0.1) is 0 Å². The summed E-state index contributed by atoms with van der Waals surface area (Å²) in [5.74, 6) is 0. The maximum atomic E-state index is 5.62. The summed E-state index contributed by atoms with van der Waals surface area (Å²) in [6.45, 7) is 4.22. The predicted octanol–water partition coefficient (Wildman–Crippen LogP) is 3.62. The summed E-state index contributed by atoms with van der Waals surface area (Å²) in [6.07, 6.45) is 6.51. The number of rotatable bonds is 6. The Morgan fingerprint density at radius 2 is 2.24 bits per heavy atom. The van der Waals surface area contributed by atoms with Gasteiger partial charge in [0, 0.05) is 18.8 Å². The Morgan fingerprint density at radius 1 is 1.35 bits per heavy atom. The SMILES string of the molecule is CCc1ccccc1NCCCC1CCCO1. The minimum Gasteiger partial charge on any atom is -0.385 e. The molecule has 1 heterocycles. The maximum Gasteiger partial charge on any atom is 0.0576 e. The normalized spacial score (nSPS) is 19.5. The highest BCUT2D eigenvalue weighted by molar-refractivity contribution is 5.50. The molecule has 1 aliphatic rings. The monoisotopic (exact) mass is 233 g/mol. The summed E-state index contributed by atoms with van der Waals surface area (Å²) in [4.78, 5) is 0. The van der Waals surface area contributed by atoms with Crippen molar-refractivity contribution in [2.24, 2.45) is 0 Å². The second kappa shape index (κ2) is 6.65. The molecule has 1 atom stereocenters. The van der Waals surface area contributed by atoms with Crippen molar-refractivity contribution in [3.63, 3.8) is 0 Å². The van der Waals surface area contributed by atoms with E-state index in [1.165, 1.54) is 36.9 Å². The first-order valence-electron chi connectivity index (χ1n) is 6.83. The van der Waals surface area contributed by atoms with Gasteiger partial charge in [-0.1, -0.05) is 25.1 Å². The van der Waals surface area contributed by atoms with Crippen LogP contribution in [0.5, 0.6) is 0 Å². The highest BCUT2D eigenvalue weighted by atomic mass is 16.5. The standard InChI is InChI=1S/C15H23NO/c1-2-13-7-3-4-10-15(13)16-11-5-8-14-9-6-12-17-14/h3-4,7,10,14,16H,2,5-6,8-9,11-12H2,1H3. The van der Waals surface area contributed by atoms with Crippen molar-refractivity contribution >= 4 is 5.69 Å². The zero-order chi connectivity index (χ0) is 11.9. The van der Waals surface area contributed by atoms with E-state index in [1.807, 2.05) is 0 Å². The fraction of sp³-hybridized carbons (Fsp3) is 0.600. The van der Waals surface area contributed by atoms with Crippen LogP contribution in [0.4, 0.5) is 5.69 Å². The zero-order valence-electron chi connectivity index (χ0n) is 10.7. The molecule has 1 aliphatic heterocycles. The number of benzene rings is 1. The molecule has 94 valence electrons. The van der Waals surface area contributed by atoms with Gasteiger partial charge in [-0.2, -0.15) is 0 Å². The Kier molecular flexibility index (Phi) is 4.87. The van der Waals surface area contributed by atoms with Gasteiger partial charge < -0.3 is 10.1 Å². The molecule has 1 unspecified atom stereocenters. The molecule has 2 heteroatoms. The van der Waals surface area contributed by atoms with E-state index in [-0.39, 0.29) is 0 Å². The topological polar surface area (TPSA) is 21.3 Å². The smallest absolute Gasteiger partial charge is 0.0576 e. The third-order valence-electron chi connectivity index (χ3n) is 3.44. The van der Waals surface area contributed by atoms with Crippen LogP contribution in [-0.4, -0.2) is 19.3 Å². The summed E-state index contributed by atoms with van der Waals surface area (Å²) in [6, 6.07) is 8.57. The third kappa shape index (κ3) is 3.74. The lowest BCUT2D eigenvalue weighted by molar-refractivity contribution is 0.103. The molecule has 1 fully saturated rings. The number of nitrogens with one attached hydrogen (secondary N) is 1. The van der Waals surface area contributed by atoms with Crippen LogP contribution in [0.1, 0.15) is 38.2 Å². The van der Waals surface area contributed by atoms with E-state index >= 15 is 0 Å². The van der Waals surface area contributed by atoms with Crippen LogP contribution in [0, 0.1) is 0 Å². The molecular weight excluding hydrogens is 210 g/mol. The lowest BCUT2D eigenvalue weighted by Crippen LogP contribution is -2.09. The molecule has 1 N–H and O–H groups in total. The molecule has 1 aromatic carbocycles. The van der Waals surface area contributed by atoms with E-state index in [0.717, 1.165) is 19.6 Å². The number of para-hydroxylation sites is 1. The van der Waals surface area contributed by atoms with Crippen molar-refractivity contribution in [2.75, 3.05) is 18.5 Å². The number of ether oxygens (including phenoxy) is 1. The van der Waals surface area contributed by atoms with Crippen molar-refractivity contribution in [1.82, 2.24) is 0 Å². The Bertz CT molecular complexity index is 331. The van der Waals surface area contributed by atoms with E-state index in [4.69, 9.17) is 4.74 Å². The fourth-order valence-corrected chi connectivity index (χ4v) is 2.43. The highest BCUT2D eigenvalue weighted by Crippen LogP contribution is 2.18. The number of anilines is 1. The third-order valence-corrected chi connectivity index (χ3v) is 3.44. The molecule has 2 rings (SSSR count). The van der Waals surface area contributed by atoms with E-state index in [0.29, 0.717) is 6.10 Å². The fourth-order valence-electron chi connectivity index (χ4n) is 2.43. The van der Waals surface area contributed by atoms with Gasteiger partial charge in [0.15, 0.2) is 0 Å². The Hall–Kier alpha value is -1.02. The molecule has 0 radical (unpaired) electrons. The van der Waals surface area contributed by atoms with Gasteiger partial charge in [0.1, 0.15) is 0 Å². The van der Waals surface area contributed by atoms with Crippen LogP contribution in [0.3, 0.4) is 0 Å². The van der Waals surface area contributed by atoms with Crippen LogP contribution in [0.15, 0.2) is 24.3 Å². The van der Waals surface area contributed by atoms with Gasteiger partial charge in [0.05, 0.1) is 6.10 Å². The Balaban J connectivity index is 1.70. The zero-order valence-corrected chi connectivity index (χ0v) is 10.7. The van der Waals surface area contributed by atoms with Gasteiger partial charge in [-0.3, -0.25) is 0 Å². The van der Waals surface area contributed by atoms with Crippen LogP contribution in [0.2, 0.25) is 0 Å². The van der Waals surface area contributed by atoms with Gasteiger partial charge >= 0.3 is 0 Å². The summed E-state index contributed by atoms with van der Waals surface area (Å²) in [5, 5.41) is 3.53. The van der Waals surface area contributed by atoms with E-state index in [1.54, 1.807) is 0 Å². The Morgan fingerprint density at radius 3 is 3.00 bits per heavy atom. The molecular formula is C15H23NO. The molecule has 1 aromatic rings. The molecule has 0 spiro atoms. The van der Waals surface area contributed by atoms with Crippen molar-refractivity contribution in [1.29, 1.82) is 0 Å². The number of aryl methyl sites for hydroxylation is 1. The first-order valence-corrected chi connectivity index (χ1v) is 6.83. The molecule has 0 bridgehead atoms. The molecule has 0 amide bonds. The van der Waals surface area contributed by atoms with Gasteiger partial charge in [-0.05, 0) is 43.7 Å². The molecule has 0 saturated carbocycles. The second-order valence-electron chi connectivity index (χ2n) is 4.71. The first-order chi connectivity index (χ1) is 8.40. The predicted molar refractivity (Wildman–Crippen MR) is 72.5 cm³/mol. The van der Waals surface area contributed by atoms with Gasteiger partial charge in [-0.25, -0.2) is 0 Å². The lowest BCUT2D eigenvalue weighted by atomic mass is 10.1. The van der Waals surface area contributed by atoms with Crippen molar-refractivity contribution in [3.05, 3.63) is 29.8 Å². The average Bonchev–Trinajstić information content (AvgIpc) is 2.88. The van der Waals surface area contributed by atoms with Crippen LogP contribution in [0.25, 0.3) is 0 Å². The quantitative estimate of drug-likeness (QED) is 0.758. The maximum absolute atomic E-state index is 5.62. The van der Waals surface area contributed by atoms with Gasteiger partial charge in [0.25, 0.3) is 0 Å². The molecule has 17 heavy (non-hydrogen) atoms. The molecule has 1 saturated heterocycles. The minimum absolute atomic E-state index is 0.526. The summed E-state index contributed by atoms with van der Waals surface area (Å²) in [5.41, 5.74) is 2.70. The van der Waals surface area contributed by atoms with Crippen molar-refractivity contribution < 1.29 is 4.74 Å². The summed E-state index contributed by atoms with van der Waals surface area (Å²) < 4.78 is 5.62. The minimum atomic E-state index is 0.526. The first kappa shape index (κ1) is 12.4. The molecule has 0 aliphatic carbocycles. The summed E-state index contributed by atoms with van der Waals surface area (Å²) in [7, 11) is 0. The molecule has 2 nitrogen and oxygen atoms in total. The van der Waals surface area contributed by atoms with Gasteiger partial charge in [0.2, 0.25) is 0 Å². The van der Waals surface area contributed by atoms with Crippen molar-refractivity contribution in [3.8, 4) is 0 Å². The lowest BCUT2D eigenvalue weighted by Gasteiger charge is -2.12. The van der Waals surface area contributed by atoms with Crippen LogP contribution >= 0.6 is 0 Å². The van der Waals surface area contributed by atoms with Crippen LogP contribution in [-0.2, 0) is 11.2 Å². The number of hydrogen-bond donors (Lipinski definition) is 1. The van der Waals surface area contributed by atoms with E-state index in [9.17, 15) is 0 Å². The number of hydrogen-bond acceptors (Lipinski definition) is 2. The second-order valence-corrected chi connectivity index (χ2v) is 4.71. The van der Waals surface area contributed by atoms with Crippen LogP contribution < -0.4 is 5.32 Å². The highest BCUT2D eigenvalue weighted by Gasteiger charge is 2.14. The Labute approximate surface area is 104 Å². The van der Waals surface area contributed by atoms with E-state index < -0.39 is 0 Å². The summed E-state index contributed by atoms with van der Waals surface area (Å²) >= 11 is 0. The van der Waals surface area contributed by atoms with E-state index in [2.05, 4.69) is 36.5 Å². The largest absolute Gasteiger partial charge is 0.385 e.